The highest BCUT2D eigenvalue weighted by Crippen LogP contribution is 2.56. The topological polar surface area (TPSA) is 63.2 Å². The van der Waals surface area contributed by atoms with Gasteiger partial charge in [-0.25, -0.2) is 14.2 Å². The van der Waals surface area contributed by atoms with E-state index in [1.807, 2.05) is 0 Å². The van der Waals surface area contributed by atoms with Crippen molar-refractivity contribution in [1.82, 2.24) is 10.3 Å². The third-order valence-electron chi connectivity index (χ3n) is 4.28. The number of anilines is 1. The molecule has 0 bridgehead atoms. The van der Waals surface area contributed by atoms with Crippen LogP contribution in [0.1, 0.15) is 11.5 Å². The third-order valence-corrected chi connectivity index (χ3v) is 5.05. The van der Waals surface area contributed by atoms with Crippen molar-refractivity contribution in [3.8, 4) is 5.75 Å². The molecule has 3 atom stereocenters. The van der Waals surface area contributed by atoms with E-state index < -0.39 is 0 Å². The van der Waals surface area contributed by atoms with E-state index in [0.29, 0.717) is 28.8 Å². The quantitative estimate of drug-likeness (QED) is 0.785. The summed E-state index contributed by atoms with van der Waals surface area (Å²) in [6.07, 6.45) is 1.59. The predicted octanol–water partition coefficient (Wildman–Crippen LogP) is 3.93. The maximum Gasteiger partial charge on any atom is 0.320 e. The molecule has 1 aliphatic heterocycles. The summed E-state index contributed by atoms with van der Waals surface area (Å²) in [6, 6.07) is 5.70. The summed E-state index contributed by atoms with van der Waals surface area (Å²) < 4.78 is 20.5. The van der Waals surface area contributed by atoms with Crippen molar-refractivity contribution in [3.05, 3.63) is 51.3 Å². The molecule has 0 spiro atoms. The molecule has 8 heteroatoms. The van der Waals surface area contributed by atoms with Crippen molar-refractivity contribution < 1.29 is 13.9 Å². The second-order valence-electron chi connectivity index (χ2n) is 5.76. The summed E-state index contributed by atoms with van der Waals surface area (Å²) in [6.45, 7) is 0.405. The number of rotatable bonds is 2. The highest BCUT2D eigenvalue weighted by Gasteiger charge is 2.57. The lowest BCUT2D eigenvalue weighted by atomic mass is 10.1. The van der Waals surface area contributed by atoms with Crippen LogP contribution in [-0.4, -0.2) is 23.7 Å². The second-order valence-corrected chi connectivity index (χ2v) is 7.08. The number of hydrogen-bond acceptors (Lipinski definition) is 3. The Balaban J connectivity index is 1.47. The molecule has 0 radical (unpaired) electrons. The summed E-state index contributed by atoms with van der Waals surface area (Å²) in [7, 11) is 0. The molecule has 24 heavy (non-hydrogen) atoms. The molecule has 1 saturated carbocycles. The Morgan fingerprint density at radius 2 is 2.21 bits per heavy atom. The molecule has 5 nitrogen and oxygen atoms in total. The number of carbonyl (C=O) groups excluding carboxylic acids is 1. The van der Waals surface area contributed by atoms with Gasteiger partial charge in [-0.15, -0.1) is 0 Å². The molecule has 1 aliphatic carbocycles. The molecule has 2 aromatic rings. The number of aromatic nitrogens is 1. The second kappa shape index (κ2) is 5.89. The van der Waals surface area contributed by atoms with E-state index in [1.165, 1.54) is 12.1 Å². The first-order valence-electron chi connectivity index (χ1n) is 7.34. The van der Waals surface area contributed by atoms with E-state index in [2.05, 4.69) is 31.5 Å². The smallest absolute Gasteiger partial charge is 0.320 e. The zero-order valence-corrected chi connectivity index (χ0v) is 14.6. The van der Waals surface area contributed by atoms with Crippen molar-refractivity contribution in [2.75, 3.05) is 11.9 Å². The van der Waals surface area contributed by atoms with Gasteiger partial charge in [0.1, 0.15) is 17.4 Å². The fraction of sp³-hybridized carbons (Fsp3) is 0.250. The summed E-state index contributed by atoms with van der Waals surface area (Å²) in [5, 5.41) is 5.90. The number of ether oxygens (including phenoxy) is 1. The van der Waals surface area contributed by atoms with Crippen molar-refractivity contribution in [2.45, 2.75) is 12.0 Å². The Bertz CT molecular complexity index is 818. The number of benzene rings is 1. The van der Waals surface area contributed by atoms with Crippen LogP contribution in [0.25, 0.3) is 0 Å². The van der Waals surface area contributed by atoms with Gasteiger partial charge in [-0.2, -0.15) is 0 Å². The Hall–Kier alpha value is -1.86. The van der Waals surface area contributed by atoms with Crippen LogP contribution in [0, 0.1) is 11.7 Å². The van der Waals surface area contributed by atoms with Crippen molar-refractivity contribution in [3.63, 3.8) is 0 Å². The van der Waals surface area contributed by atoms with Gasteiger partial charge in [-0.3, -0.25) is 5.32 Å². The van der Waals surface area contributed by atoms with Gasteiger partial charge >= 0.3 is 6.03 Å². The number of nitrogens with one attached hydrogen (secondary N) is 2. The largest absolute Gasteiger partial charge is 0.491 e. The molecule has 2 aliphatic rings. The summed E-state index contributed by atoms with van der Waals surface area (Å²) in [5.74, 6) is 0.399. The molecular weight excluding hydrogens is 401 g/mol. The van der Waals surface area contributed by atoms with Gasteiger partial charge in [0, 0.05) is 34.1 Å². The van der Waals surface area contributed by atoms with E-state index in [0.717, 1.165) is 4.47 Å². The molecular formula is C16H12BrClFN3O2. The number of fused-ring (bicyclic) bond motifs is 3. The Kier molecular flexibility index (Phi) is 3.85. The van der Waals surface area contributed by atoms with Crippen LogP contribution in [0.3, 0.4) is 0 Å². The van der Waals surface area contributed by atoms with Gasteiger partial charge in [0.25, 0.3) is 0 Å². The number of pyridine rings is 1. The molecule has 1 aromatic heterocycles. The zero-order chi connectivity index (χ0) is 16.8. The maximum absolute atomic E-state index is 14.1. The SMILES string of the molecule is O=C(Nc1ccc(Br)cn1)NC1[C@H]2COc3c(Cl)ccc(F)c3[C@@H]12. The number of hydrogen-bond donors (Lipinski definition) is 2. The highest BCUT2D eigenvalue weighted by atomic mass is 79.9. The van der Waals surface area contributed by atoms with Crippen molar-refractivity contribution in [1.29, 1.82) is 0 Å². The first-order chi connectivity index (χ1) is 11.5. The molecule has 0 saturated heterocycles. The first-order valence-corrected chi connectivity index (χ1v) is 8.51. The Morgan fingerprint density at radius 3 is 2.96 bits per heavy atom. The van der Waals surface area contributed by atoms with Crippen molar-refractivity contribution in [2.24, 2.45) is 5.92 Å². The lowest BCUT2D eigenvalue weighted by Gasteiger charge is -2.17. The van der Waals surface area contributed by atoms with Crippen LogP contribution in [0.2, 0.25) is 5.02 Å². The molecule has 1 aromatic carbocycles. The average Bonchev–Trinajstić information content (AvgIpc) is 3.26. The number of halogens is 3. The normalized spacial score (nSPS) is 23.5. The predicted molar refractivity (Wildman–Crippen MR) is 91.0 cm³/mol. The maximum atomic E-state index is 14.1. The number of nitrogens with zero attached hydrogens (tertiary/aromatic N) is 1. The summed E-state index contributed by atoms with van der Waals surface area (Å²) >= 11 is 9.35. The van der Waals surface area contributed by atoms with E-state index in [4.69, 9.17) is 16.3 Å². The molecule has 1 fully saturated rings. The third kappa shape index (κ3) is 2.71. The standard InChI is InChI=1S/C16H12BrClFN3O2/c17-7-1-4-11(20-5-7)21-16(23)22-14-8-6-24-15-9(18)2-3-10(19)13(15)12(8)14/h1-5,8,12,14H,6H2,(H2,20,21,22,23)/t8-,12-,14?/m0/s1. The fourth-order valence-electron chi connectivity index (χ4n) is 3.11. The van der Waals surface area contributed by atoms with Crippen LogP contribution in [0.5, 0.6) is 5.75 Å². The van der Waals surface area contributed by atoms with Gasteiger partial charge in [0.05, 0.1) is 11.6 Å². The van der Waals surface area contributed by atoms with Gasteiger partial charge in [0.2, 0.25) is 0 Å². The molecule has 2 amide bonds. The van der Waals surface area contributed by atoms with Gasteiger partial charge < -0.3 is 10.1 Å². The van der Waals surface area contributed by atoms with Crippen LogP contribution < -0.4 is 15.4 Å². The molecule has 2 heterocycles. The fourth-order valence-corrected chi connectivity index (χ4v) is 3.56. The monoisotopic (exact) mass is 411 g/mol. The zero-order valence-electron chi connectivity index (χ0n) is 12.2. The minimum atomic E-state index is -0.381. The van der Waals surface area contributed by atoms with E-state index >= 15 is 0 Å². The van der Waals surface area contributed by atoms with Gasteiger partial charge in [-0.05, 0) is 40.2 Å². The molecule has 2 N–H and O–H groups in total. The Morgan fingerprint density at radius 1 is 1.38 bits per heavy atom. The highest BCUT2D eigenvalue weighted by molar-refractivity contribution is 9.10. The molecule has 1 unspecified atom stereocenters. The van der Waals surface area contributed by atoms with Crippen LogP contribution in [0.15, 0.2) is 34.9 Å². The first kappa shape index (κ1) is 15.7. The Labute approximate surface area is 150 Å². The average molecular weight is 413 g/mol. The summed E-state index contributed by atoms with van der Waals surface area (Å²) in [5.41, 5.74) is 0.450. The number of urea groups is 1. The van der Waals surface area contributed by atoms with E-state index in [-0.39, 0.29) is 29.7 Å². The van der Waals surface area contributed by atoms with Crippen LogP contribution in [-0.2, 0) is 0 Å². The minimum absolute atomic E-state index is 0.0501. The molecule has 124 valence electrons. The van der Waals surface area contributed by atoms with Crippen molar-refractivity contribution >= 4 is 39.4 Å². The molecule has 4 rings (SSSR count). The minimum Gasteiger partial charge on any atom is -0.491 e. The number of carbonyl (C=O) groups is 1. The van der Waals surface area contributed by atoms with E-state index in [9.17, 15) is 9.18 Å². The van der Waals surface area contributed by atoms with Crippen LogP contribution >= 0.6 is 27.5 Å². The number of amides is 2. The lowest BCUT2D eigenvalue weighted by molar-refractivity contribution is 0.249. The van der Waals surface area contributed by atoms with Crippen LogP contribution in [0.4, 0.5) is 15.0 Å². The lowest BCUT2D eigenvalue weighted by Crippen LogP contribution is -2.32. The van der Waals surface area contributed by atoms with E-state index in [1.54, 1.807) is 18.3 Å². The van der Waals surface area contributed by atoms with Gasteiger partial charge in [0.15, 0.2) is 0 Å². The van der Waals surface area contributed by atoms with Gasteiger partial charge in [-0.1, -0.05) is 11.6 Å². The summed E-state index contributed by atoms with van der Waals surface area (Å²) in [4.78, 5) is 16.2.